The molecule has 0 radical (unpaired) electrons. The molecule has 2 rings (SSSR count). The zero-order valence-corrected chi connectivity index (χ0v) is 15.9. The van der Waals surface area contributed by atoms with Gasteiger partial charge in [0.2, 0.25) is 15.9 Å². The van der Waals surface area contributed by atoms with E-state index in [0.29, 0.717) is 5.69 Å². The number of benzene rings is 2. The van der Waals surface area contributed by atoms with Crippen LogP contribution in [-0.4, -0.2) is 26.4 Å². The maximum atomic E-state index is 13.2. The van der Waals surface area contributed by atoms with E-state index in [1.165, 1.54) is 30.3 Å². The van der Waals surface area contributed by atoms with Gasteiger partial charge in [0.15, 0.2) is 11.6 Å². The van der Waals surface area contributed by atoms with Crippen molar-refractivity contribution in [2.24, 2.45) is 0 Å². The highest BCUT2D eigenvalue weighted by atomic mass is 32.2. The van der Waals surface area contributed by atoms with Crippen LogP contribution in [0.4, 0.5) is 20.2 Å². The van der Waals surface area contributed by atoms with E-state index in [0.717, 1.165) is 12.1 Å². The lowest BCUT2D eigenvalue weighted by atomic mass is 10.2. The summed E-state index contributed by atoms with van der Waals surface area (Å²) in [5.41, 5.74) is 0.667. The molecule has 0 aliphatic rings. The van der Waals surface area contributed by atoms with Gasteiger partial charge in [-0.25, -0.2) is 21.9 Å². The van der Waals surface area contributed by atoms with Crippen LogP contribution in [0.5, 0.6) is 0 Å². The quantitative estimate of drug-likeness (QED) is 0.670. The molecule has 27 heavy (non-hydrogen) atoms. The summed E-state index contributed by atoms with van der Waals surface area (Å²) in [7, 11) is -3.61. The predicted molar refractivity (Wildman–Crippen MR) is 100.0 cm³/mol. The Balaban J connectivity index is 2.01. The first-order valence-electron chi connectivity index (χ1n) is 8.23. The number of halogens is 2. The van der Waals surface area contributed by atoms with Gasteiger partial charge in [0.25, 0.3) is 0 Å². The van der Waals surface area contributed by atoms with E-state index in [1.54, 1.807) is 20.8 Å². The molecular weight excluding hydrogens is 376 g/mol. The molecule has 0 saturated heterocycles. The van der Waals surface area contributed by atoms with Crippen molar-refractivity contribution in [2.75, 3.05) is 10.6 Å². The van der Waals surface area contributed by atoms with Crippen LogP contribution in [0.1, 0.15) is 20.8 Å². The molecule has 1 unspecified atom stereocenters. The van der Waals surface area contributed by atoms with Crippen LogP contribution in [0.2, 0.25) is 0 Å². The molecule has 1 atom stereocenters. The Bertz CT molecular complexity index is 916. The van der Waals surface area contributed by atoms with Crippen molar-refractivity contribution >= 4 is 27.3 Å². The van der Waals surface area contributed by atoms with Gasteiger partial charge < -0.3 is 10.6 Å². The molecule has 9 heteroatoms. The van der Waals surface area contributed by atoms with Gasteiger partial charge in [0.05, 0.1) is 4.90 Å². The molecular formula is C18H21F2N3O3S. The van der Waals surface area contributed by atoms with Crippen molar-refractivity contribution in [3.63, 3.8) is 0 Å². The number of amides is 1. The molecule has 146 valence electrons. The first-order chi connectivity index (χ1) is 12.6. The van der Waals surface area contributed by atoms with Gasteiger partial charge in [-0.3, -0.25) is 4.79 Å². The summed E-state index contributed by atoms with van der Waals surface area (Å²) in [5, 5.41) is 5.39. The smallest absolute Gasteiger partial charge is 0.246 e. The lowest BCUT2D eigenvalue weighted by molar-refractivity contribution is -0.116. The van der Waals surface area contributed by atoms with E-state index < -0.39 is 33.6 Å². The molecule has 0 heterocycles. The van der Waals surface area contributed by atoms with Gasteiger partial charge in [-0.1, -0.05) is 0 Å². The molecule has 0 saturated carbocycles. The van der Waals surface area contributed by atoms with Crippen molar-refractivity contribution in [3.05, 3.63) is 54.1 Å². The van der Waals surface area contributed by atoms with E-state index in [-0.39, 0.29) is 16.6 Å². The number of sulfonamides is 1. The number of hydrogen-bond acceptors (Lipinski definition) is 4. The standard InChI is InChI=1S/C18H21F2N3O3S/c1-11(2)23-27(25,26)15-7-4-13(5-8-15)22-18(24)12(3)21-14-6-9-16(19)17(20)10-14/h4-12,21,23H,1-3H3,(H,22,24). The number of anilines is 2. The number of carbonyl (C=O) groups excluding carboxylic acids is 1. The Morgan fingerprint density at radius 3 is 2.07 bits per heavy atom. The third kappa shape index (κ3) is 5.73. The van der Waals surface area contributed by atoms with Crippen molar-refractivity contribution in [2.45, 2.75) is 37.8 Å². The number of rotatable bonds is 7. The van der Waals surface area contributed by atoms with Gasteiger partial charge in [-0.2, -0.15) is 0 Å². The average Bonchev–Trinajstić information content (AvgIpc) is 2.57. The fourth-order valence-electron chi connectivity index (χ4n) is 2.25. The molecule has 0 fully saturated rings. The van der Waals surface area contributed by atoms with E-state index >= 15 is 0 Å². The fraction of sp³-hybridized carbons (Fsp3) is 0.278. The second-order valence-corrected chi connectivity index (χ2v) is 8.00. The highest BCUT2D eigenvalue weighted by molar-refractivity contribution is 7.89. The number of hydrogen-bond donors (Lipinski definition) is 3. The molecule has 0 aromatic heterocycles. The first kappa shape index (κ1) is 20.8. The second kappa shape index (κ2) is 8.45. The van der Waals surface area contributed by atoms with Crippen LogP contribution in [-0.2, 0) is 14.8 Å². The van der Waals surface area contributed by atoms with E-state index in [9.17, 15) is 22.0 Å². The third-order valence-electron chi connectivity index (χ3n) is 3.52. The van der Waals surface area contributed by atoms with Crippen LogP contribution in [0, 0.1) is 11.6 Å². The van der Waals surface area contributed by atoms with Gasteiger partial charge >= 0.3 is 0 Å². The molecule has 6 nitrogen and oxygen atoms in total. The Morgan fingerprint density at radius 1 is 0.926 bits per heavy atom. The van der Waals surface area contributed by atoms with Crippen LogP contribution in [0.25, 0.3) is 0 Å². The van der Waals surface area contributed by atoms with Gasteiger partial charge in [0.1, 0.15) is 6.04 Å². The van der Waals surface area contributed by atoms with Gasteiger partial charge in [-0.15, -0.1) is 0 Å². The topological polar surface area (TPSA) is 87.3 Å². The number of carbonyl (C=O) groups is 1. The lowest BCUT2D eigenvalue weighted by Gasteiger charge is -2.16. The molecule has 0 aliphatic carbocycles. The Labute approximate surface area is 157 Å². The van der Waals surface area contributed by atoms with Gasteiger partial charge in [0, 0.05) is 23.5 Å². The third-order valence-corrected chi connectivity index (χ3v) is 5.19. The van der Waals surface area contributed by atoms with Crippen LogP contribution < -0.4 is 15.4 Å². The van der Waals surface area contributed by atoms with Crippen molar-refractivity contribution in [1.82, 2.24) is 4.72 Å². The minimum absolute atomic E-state index is 0.0853. The average molecular weight is 397 g/mol. The van der Waals surface area contributed by atoms with E-state index in [2.05, 4.69) is 15.4 Å². The summed E-state index contributed by atoms with van der Waals surface area (Å²) in [6, 6.07) is 7.98. The summed E-state index contributed by atoms with van der Waals surface area (Å²) in [5.74, 6) is -2.41. The molecule has 0 spiro atoms. The first-order valence-corrected chi connectivity index (χ1v) is 9.71. The van der Waals surface area contributed by atoms with Crippen molar-refractivity contribution < 1.29 is 22.0 Å². The Hall–Kier alpha value is -2.52. The highest BCUT2D eigenvalue weighted by Crippen LogP contribution is 2.17. The van der Waals surface area contributed by atoms with Crippen molar-refractivity contribution in [1.29, 1.82) is 0 Å². The molecule has 0 aliphatic heterocycles. The van der Waals surface area contributed by atoms with Crippen LogP contribution >= 0.6 is 0 Å². The molecule has 3 N–H and O–H groups in total. The van der Waals surface area contributed by atoms with Crippen LogP contribution in [0.15, 0.2) is 47.4 Å². The van der Waals surface area contributed by atoms with Gasteiger partial charge in [-0.05, 0) is 57.2 Å². The summed E-state index contributed by atoms with van der Waals surface area (Å²) >= 11 is 0. The van der Waals surface area contributed by atoms with Crippen LogP contribution in [0.3, 0.4) is 0 Å². The molecule has 1 amide bonds. The Morgan fingerprint density at radius 2 is 1.52 bits per heavy atom. The summed E-state index contributed by atoms with van der Waals surface area (Å²) in [6.45, 7) is 4.99. The second-order valence-electron chi connectivity index (χ2n) is 6.28. The monoisotopic (exact) mass is 397 g/mol. The van der Waals surface area contributed by atoms with E-state index in [1.807, 2.05) is 0 Å². The predicted octanol–water partition coefficient (Wildman–Crippen LogP) is 3.09. The Kier molecular flexibility index (Phi) is 6.50. The summed E-state index contributed by atoms with van der Waals surface area (Å²) in [4.78, 5) is 12.3. The highest BCUT2D eigenvalue weighted by Gasteiger charge is 2.17. The fourth-order valence-corrected chi connectivity index (χ4v) is 3.50. The zero-order chi connectivity index (χ0) is 20.2. The summed E-state index contributed by atoms with van der Waals surface area (Å²) < 4.78 is 52.8. The normalized spacial score (nSPS) is 12.7. The largest absolute Gasteiger partial charge is 0.374 e. The maximum Gasteiger partial charge on any atom is 0.246 e. The molecule has 0 bridgehead atoms. The number of nitrogens with one attached hydrogen (secondary N) is 3. The SMILES string of the molecule is CC(C)NS(=O)(=O)c1ccc(NC(=O)C(C)Nc2ccc(F)c(F)c2)cc1. The minimum atomic E-state index is -3.61. The summed E-state index contributed by atoms with van der Waals surface area (Å²) in [6.07, 6.45) is 0. The molecule has 2 aromatic rings. The van der Waals surface area contributed by atoms with E-state index in [4.69, 9.17) is 0 Å². The lowest BCUT2D eigenvalue weighted by Crippen LogP contribution is -2.32. The molecule has 2 aromatic carbocycles. The zero-order valence-electron chi connectivity index (χ0n) is 15.1. The van der Waals surface area contributed by atoms with Crippen molar-refractivity contribution in [3.8, 4) is 0 Å². The maximum absolute atomic E-state index is 13.2. The minimum Gasteiger partial charge on any atom is -0.374 e.